The first kappa shape index (κ1) is 11.9. The van der Waals surface area contributed by atoms with Crippen LogP contribution in [0.2, 0.25) is 0 Å². The summed E-state index contributed by atoms with van der Waals surface area (Å²) >= 11 is 0. The number of carbonyl (C=O) groups excluding carboxylic acids is 1. The van der Waals surface area contributed by atoms with E-state index in [9.17, 15) is 4.79 Å². The van der Waals surface area contributed by atoms with E-state index in [2.05, 4.69) is 5.32 Å². The Balaban J connectivity index is 1.95. The molecule has 1 saturated heterocycles. The number of benzene rings is 2. The molecule has 96 valence electrons. The first-order valence-corrected chi connectivity index (χ1v) is 6.37. The first-order chi connectivity index (χ1) is 9.34. The second-order valence-electron chi connectivity index (χ2n) is 4.59. The van der Waals surface area contributed by atoms with Gasteiger partial charge in [0.05, 0.1) is 12.6 Å². The molecule has 3 rings (SSSR count). The van der Waals surface area contributed by atoms with E-state index in [1.807, 2.05) is 60.7 Å². The van der Waals surface area contributed by atoms with Crippen molar-refractivity contribution in [2.75, 3.05) is 6.54 Å². The van der Waals surface area contributed by atoms with Crippen molar-refractivity contribution in [2.24, 2.45) is 0 Å². The molecule has 3 nitrogen and oxygen atoms in total. The molecule has 19 heavy (non-hydrogen) atoms. The summed E-state index contributed by atoms with van der Waals surface area (Å²) in [7, 11) is 0. The van der Waals surface area contributed by atoms with E-state index in [0.29, 0.717) is 0 Å². The third-order valence-corrected chi connectivity index (χ3v) is 3.31. The smallest absolute Gasteiger partial charge is 0.320 e. The Morgan fingerprint density at radius 2 is 1.47 bits per heavy atom. The van der Waals surface area contributed by atoms with Crippen molar-refractivity contribution >= 4 is 5.97 Å². The molecule has 0 bridgehead atoms. The van der Waals surface area contributed by atoms with Gasteiger partial charge in [-0.2, -0.15) is 0 Å². The molecule has 0 unspecified atom stereocenters. The van der Waals surface area contributed by atoms with Gasteiger partial charge in [0.25, 0.3) is 0 Å². The quantitative estimate of drug-likeness (QED) is 0.836. The van der Waals surface area contributed by atoms with Crippen LogP contribution in [0.1, 0.15) is 23.3 Å². The Morgan fingerprint density at radius 1 is 0.895 bits per heavy atom. The lowest BCUT2D eigenvalue weighted by Gasteiger charge is -2.32. The van der Waals surface area contributed by atoms with E-state index in [0.717, 1.165) is 11.1 Å². The van der Waals surface area contributed by atoms with Gasteiger partial charge in [0, 0.05) is 0 Å². The largest absolute Gasteiger partial charge is 0.454 e. The molecule has 0 spiro atoms. The second kappa shape index (κ2) is 5.24. The summed E-state index contributed by atoms with van der Waals surface area (Å²) in [6, 6.07) is 19.9. The zero-order chi connectivity index (χ0) is 13.1. The Hall–Kier alpha value is -2.13. The van der Waals surface area contributed by atoms with Crippen LogP contribution in [0.5, 0.6) is 0 Å². The van der Waals surface area contributed by atoms with E-state index in [1.54, 1.807) is 0 Å². The van der Waals surface area contributed by atoms with Gasteiger partial charge in [-0.25, -0.2) is 0 Å². The van der Waals surface area contributed by atoms with Gasteiger partial charge >= 0.3 is 5.97 Å². The molecule has 3 heteroatoms. The van der Waals surface area contributed by atoms with Crippen LogP contribution in [0.4, 0.5) is 0 Å². The minimum absolute atomic E-state index is 0.00120. The normalized spacial score (nSPS) is 22.8. The standard InChI is InChI=1S/C16H15NO2/c18-14-11-17-15(12-7-3-1-4-8-12)16(19-14)13-9-5-2-6-10-13/h1-10,15-17H,11H2/t15-,16+/m1/s1. The predicted octanol–water partition coefficient (Wildman–Crippen LogP) is 2.62. The van der Waals surface area contributed by atoms with Gasteiger partial charge in [0.15, 0.2) is 0 Å². The predicted molar refractivity (Wildman–Crippen MR) is 72.5 cm³/mol. The molecule has 1 heterocycles. The third-order valence-electron chi connectivity index (χ3n) is 3.31. The maximum atomic E-state index is 11.5. The fraction of sp³-hybridized carbons (Fsp3) is 0.188. The zero-order valence-electron chi connectivity index (χ0n) is 10.5. The number of morpholine rings is 1. The highest BCUT2D eigenvalue weighted by molar-refractivity contribution is 5.73. The van der Waals surface area contributed by atoms with Crippen LogP contribution in [-0.4, -0.2) is 12.5 Å². The summed E-state index contributed by atoms with van der Waals surface area (Å²) in [5.41, 5.74) is 2.14. The van der Waals surface area contributed by atoms with Crippen LogP contribution in [0.25, 0.3) is 0 Å². The fourth-order valence-corrected chi connectivity index (χ4v) is 2.41. The molecule has 0 amide bonds. The molecule has 0 aromatic heterocycles. The van der Waals surface area contributed by atoms with Crippen LogP contribution in [0.15, 0.2) is 60.7 Å². The van der Waals surface area contributed by atoms with Crippen LogP contribution in [0.3, 0.4) is 0 Å². The number of hydrogen-bond acceptors (Lipinski definition) is 3. The third kappa shape index (κ3) is 2.51. The molecule has 2 aromatic rings. The fourth-order valence-electron chi connectivity index (χ4n) is 2.41. The van der Waals surface area contributed by atoms with Gasteiger partial charge < -0.3 is 4.74 Å². The summed E-state index contributed by atoms with van der Waals surface area (Å²) < 4.78 is 5.54. The van der Waals surface area contributed by atoms with Crippen molar-refractivity contribution in [2.45, 2.75) is 12.1 Å². The lowest BCUT2D eigenvalue weighted by Crippen LogP contribution is -2.40. The monoisotopic (exact) mass is 253 g/mol. The topological polar surface area (TPSA) is 38.3 Å². The average molecular weight is 253 g/mol. The van der Waals surface area contributed by atoms with Crippen molar-refractivity contribution in [3.63, 3.8) is 0 Å². The summed E-state index contributed by atoms with van der Waals surface area (Å²) in [6.07, 6.45) is -0.273. The molecule has 2 atom stereocenters. The highest BCUT2D eigenvalue weighted by Gasteiger charge is 2.32. The number of nitrogens with one attached hydrogen (secondary N) is 1. The maximum Gasteiger partial charge on any atom is 0.320 e. The summed E-state index contributed by atoms with van der Waals surface area (Å²) in [4.78, 5) is 11.5. The van der Waals surface area contributed by atoms with Crippen molar-refractivity contribution < 1.29 is 9.53 Å². The molecule has 2 aromatic carbocycles. The van der Waals surface area contributed by atoms with Gasteiger partial charge in [-0.1, -0.05) is 60.7 Å². The van der Waals surface area contributed by atoms with Crippen molar-refractivity contribution in [3.8, 4) is 0 Å². The Labute approximate surface area is 112 Å². The van der Waals surface area contributed by atoms with E-state index >= 15 is 0 Å². The number of esters is 1. The second-order valence-corrected chi connectivity index (χ2v) is 4.59. The molecular formula is C16H15NO2. The SMILES string of the molecule is O=C1CN[C@H](c2ccccc2)[C@H](c2ccccc2)O1. The van der Waals surface area contributed by atoms with Crippen LogP contribution in [0, 0.1) is 0 Å². The molecule has 0 aliphatic carbocycles. The number of ether oxygens (including phenoxy) is 1. The number of hydrogen-bond donors (Lipinski definition) is 1. The molecule has 1 N–H and O–H groups in total. The molecule has 1 aliphatic heterocycles. The molecule has 1 aliphatic rings. The van der Waals surface area contributed by atoms with Crippen LogP contribution < -0.4 is 5.32 Å². The molecule has 0 saturated carbocycles. The van der Waals surface area contributed by atoms with Gasteiger partial charge in [0.2, 0.25) is 0 Å². The van der Waals surface area contributed by atoms with E-state index in [-0.39, 0.29) is 24.7 Å². The maximum absolute atomic E-state index is 11.5. The Morgan fingerprint density at radius 3 is 2.11 bits per heavy atom. The zero-order valence-corrected chi connectivity index (χ0v) is 10.5. The van der Waals surface area contributed by atoms with Gasteiger partial charge in [-0.05, 0) is 11.1 Å². The molecule has 1 fully saturated rings. The van der Waals surface area contributed by atoms with Gasteiger partial charge in [-0.15, -0.1) is 0 Å². The van der Waals surface area contributed by atoms with Gasteiger partial charge in [0.1, 0.15) is 6.10 Å². The van der Waals surface area contributed by atoms with Crippen molar-refractivity contribution in [1.29, 1.82) is 0 Å². The van der Waals surface area contributed by atoms with Crippen LogP contribution >= 0.6 is 0 Å². The minimum Gasteiger partial charge on any atom is -0.454 e. The molecule has 0 radical (unpaired) electrons. The average Bonchev–Trinajstić information content (AvgIpc) is 2.49. The minimum atomic E-state index is -0.273. The van der Waals surface area contributed by atoms with Gasteiger partial charge in [-0.3, -0.25) is 10.1 Å². The number of cyclic esters (lactones) is 1. The highest BCUT2D eigenvalue weighted by atomic mass is 16.5. The first-order valence-electron chi connectivity index (χ1n) is 6.37. The Bertz CT molecular complexity index is 553. The van der Waals surface area contributed by atoms with Crippen molar-refractivity contribution in [3.05, 3.63) is 71.8 Å². The summed E-state index contributed by atoms with van der Waals surface area (Å²) in [6.45, 7) is 0.253. The Kier molecular flexibility index (Phi) is 3.29. The van der Waals surface area contributed by atoms with Crippen molar-refractivity contribution in [1.82, 2.24) is 5.32 Å². The number of rotatable bonds is 2. The summed E-state index contributed by atoms with van der Waals surface area (Å²) in [5.74, 6) is -0.207. The molecular weight excluding hydrogens is 238 g/mol. The van der Waals surface area contributed by atoms with E-state index in [1.165, 1.54) is 0 Å². The highest BCUT2D eigenvalue weighted by Crippen LogP contribution is 2.34. The van der Waals surface area contributed by atoms with Crippen LogP contribution in [-0.2, 0) is 9.53 Å². The van der Waals surface area contributed by atoms with E-state index in [4.69, 9.17) is 4.74 Å². The number of carbonyl (C=O) groups is 1. The van der Waals surface area contributed by atoms with E-state index < -0.39 is 0 Å². The summed E-state index contributed by atoms with van der Waals surface area (Å²) in [5, 5.41) is 3.26. The lowest BCUT2D eigenvalue weighted by atomic mass is 9.94. The lowest BCUT2D eigenvalue weighted by molar-refractivity contribution is -0.155.